The zero-order valence-corrected chi connectivity index (χ0v) is 12.2. The average Bonchev–Trinajstić information content (AvgIpc) is 3.02. The molecule has 0 radical (unpaired) electrons. The third-order valence-corrected chi connectivity index (χ3v) is 4.04. The Hall–Kier alpha value is -1.02. The lowest BCUT2D eigenvalue weighted by Crippen LogP contribution is -2.21. The highest BCUT2D eigenvalue weighted by Crippen LogP contribution is 2.39. The fourth-order valence-corrected chi connectivity index (χ4v) is 2.63. The molecule has 2 unspecified atom stereocenters. The van der Waals surface area contributed by atoms with Crippen molar-refractivity contribution in [3.05, 3.63) is 29.3 Å². The van der Waals surface area contributed by atoms with Gasteiger partial charge in [-0.15, -0.1) is 0 Å². The molecule has 1 aromatic rings. The first-order chi connectivity index (χ1) is 8.61. The quantitative estimate of drug-likeness (QED) is 0.829. The van der Waals surface area contributed by atoms with Gasteiger partial charge in [-0.25, -0.2) is 0 Å². The molecule has 1 fully saturated rings. The van der Waals surface area contributed by atoms with Crippen molar-refractivity contribution in [3.63, 3.8) is 0 Å². The molecule has 0 saturated heterocycles. The molecule has 2 rings (SSSR count). The standard InChI is InChI=1S/C16H26N2/c1-5-17-10-14-6-7-16(13(3)8-14)18(4)11-15-9-12(15)2/h6-8,12,15,17H,5,9-11H2,1-4H3. The van der Waals surface area contributed by atoms with Gasteiger partial charge < -0.3 is 10.2 Å². The van der Waals surface area contributed by atoms with Crippen LogP contribution >= 0.6 is 0 Å². The number of hydrogen-bond acceptors (Lipinski definition) is 2. The molecular weight excluding hydrogens is 220 g/mol. The molecule has 1 aliphatic carbocycles. The Bertz CT molecular complexity index is 400. The second kappa shape index (κ2) is 5.75. The van der Waals surface area contributed by atoms with Crippen LogP contribution < -0.4 is 10.2 Å². The summed E-state index contributed by atoms with van der Waals surface area (Å²) in [4.78, 5) is 2.42. The summed E-state index contributed by atoms with van der Waals surface area (Å²) < 4.78 is 0. The number of rotatable bonds is 6. The SMILES string of the molecule is CCNCc1ccc(N(C)CC2CC2C)c(C)c1. The summed E-state index contributed by atoms with van der Waals surface area (Å²) in [5.74, 6) is 1.84. The van der Waals surface area contributed by atoms with Crippen LogP contribution in [0.5, 0.6) is 0 Å². The predicted octanol–water partition coefficient (Wildman–Crippen LogP) is 3.20. The number of aryl methyl sites for hydroxylation is 1. The van der Waals surface area contributed by atoms with Crippen LogP contribution in [0, 0.1) is 18.8 Å². The van der Waals surface area contributed by atoms with Crippen LogP contribution in [0.25, 0.3) is 0 Å². The van der Waals surface area contributed by atoms with Crippen LogP contribution in [-0.2, 0) is 6.54 Å². The molecular formula is C16H26N2. The van der Waals surface area contributed by atoms with Crippen molar-refractivity contribution in [2.75, 3.05) is 25.0 Å². The molecule has 0 amide bonds. The minimum Gasteiger partial charge on any atom is -0.374 e. The van der Waals surface area contributed by atoms with Crippen molar-refractivity contribution in [1.29, 1.82) is 0 Å². The van der Waals surface area contributed by atoms with E-state index < -0.39 is 0 Å². The Kier molecular flexibility index (Phi) is 4.28. The van der Waals surface area contributed by atoms with Crippen LogP contribution in [-0.4, -0.2) is 20.1 Å². The molecule has 0 spiro atoms. The van der Waals surface area contributed by atoms with E-state index in [1.54, 1.807) is 0 Å². The molecule has 18 heavy (non-hydrogen) atoms. The van der Waals surface area contributed by atoms with Crippen molar-refractivity contribution in [2.45, 2.75) is 33.7 Å². The summed E-state index contributed by atoms with van der Waals surface area (Å²) in [5.41, 5.74) is 4.15. The van der Waals surface area contributed by atoms with Gasteiger partial charge in [0, 0.05) is 25.8 Å². The van der Waals surface area contributed by atoms with Gasteiger partial charge >= 0.3 is 0 Å². The maximum atomic E-state index is 3.37. The molecule has 1 N–H and O–H groups in total. The molecule has 2 atom stereocenters. The van der Waals surface area contributed by atoms with Gasteiger partial charge in [-0.1, -0.05) is 26.0 Å². The Balaban J connectivity index is 1.99. The van der Waals surface area contributed by atoms with Gasteiger partial charge in [0.1, 0.15) is 0 Å². The number of nitrogens with zero attached hydrogens (tertiary/aromatic N) is 1. The van der Waals surface area contributed by atoms with Gasteiger partial charge in [-0.2, -0.15) is 0 Å². The molecule has 0 bridgehead atoms. The molecule has 2 nitrogen and oxygen atoms in total. The predicted molar refractivity (Wildman–Crippen MR) is 79.1 cm³/mol. The van der Waals surface area contributed by atoms with Crippen LogP contribution in [0.1, 0.15) is 31.4 Å². The summed E-state index contributed by atoms with van der Waals surface area (Å²) in [6, 6.07) is 6.83. The van der Waals surface area contributed by atoms with E-state index in [9.17, 15) is 0 Å². The number of nitrogens with one attached hydrogen (secondary N) is 1. The van der Waals surface area contributed by atoms with Crippen molar-refractivity contribution in [2.24, 2.45) is 11.8 Å². The fourth-order valence-electron chi connectivity index (χ4n) is 2.63. The lowest BCUT2D eigenvalue weighted by Gasteiger charge is -2.22. The van der Waals surface area contributed by atoms with Crippen LogP contribution in [0.2, 0.25) is 0 Å². The molecule has 1 aromatic carbocycles. The Morgan fingerprint density at radius 2 is 2.11 bits per heavy atom. The van der Waals surface area contributed by atoms with Gasteiger partial charge in [-0.05, 0) is 48.9 Å². The van der Waals surface area contributed by atoms with Gasteiger partial charge in [0.15, 0.2) is 0 Å². The van der Waals surface area contributed by atoms with E-state index in [0.717, 1.165) is 24.9 Å². The lowest BCUT2D eigenvalue weighted by atomic mass is 10.1. The van der Waals surface area contributed by atoms with Crippen molar-refractivity contribution in [1.82, 2.24) is 5.32 Å². The normalized spacial score (nSPS) is 22.0. The monoisotopic (exact) mass is 246 g/mol. The molecule has 0 heterocycles. The summed E-state index contributed by atoms with van der Waals surface area (Å²) in [6.45, 7) is 9.92. The largest absolute Gasteiger partial charge is 0.374 e. The fraction of sp³-hybridized carbons (Fsp3) is 0.625. The minimum absolute atomic E-state index is 0.913. The minimum atomic E-state index is 0.913. The first-order valence-corrected chi connectivity index (χ1v) is 7.13. The van der Waals surface area contributed by atoms with E-state index in [4.69, 9.17) is 0 Å². The van der Waals surface area contributed by atoms with E-state index in [2.05, 4.69) is 56.2 Å². The third-order valence-electron chi connectivity index (χ3n) is 4.04. The number of benzene rings is 1. The van der Waals surface area contributed by atoms with Gasteiger partial charge in [0.2, 0.25) is 0 Å². The highest BCUT2D eigenvalue weighted by atomic mass is 15.1. The molecule has 2 heteroatoms. The molecule has 100 valence electrons. The molecule has 1 aliphatic rings. The zero-order valence-electron chi connectivity index (χ0n) is 12.2. The average molecular weight is 246 g/mol. The first kappa shape index (κ1) is 13.4. The highest BCUT2D eigenvalue weighted by molar-refractivity contribution is 5.54. The smallest absolute Gasteiger partial charge is 0.0393 e. The maximum absolute atomic E-state index is 3.37. The summed E-state index contributed by atoms with van der Waals surface area (Å²) in [5, 5.41) is 3.37. The summed E-state index contributed by atoms with van der Waals surface area (Å²) in [6.07, 6.45) is 1.40. The van der Waals surface area contributed by atoms with Crippen molar-refractivity contribution >= 4 is 5.69 Å². The Labute approximate surface area is 111 Å². The van der Waals surface area contributed by atoms with Gasteiger partial charge in [0.25, 0.3) is 0 Å². The van der Waals surface area contributed by atoms with E-state index in [0.29, 0.717) is 0 Å². The second-order valence-corrected chi connectivity index (χ2v) is 5.75. The second-order valence-electron chi connectivity index (χ2n) is 5.75. The van der Waals surface area contributed by atoms with Gasteiger partial charge in [0.05, 0.1) is 0 Å². The van der Waals surface area contributed by atoms with Crippen molar-refractivity contribution in [3.8, 4) is 0 Å². The lowest BCUT2D eigenvalue weighted by molar-refractivity contribution is 0.719. The third kappa shape index (κ3) is 3.26. The highest BCUT2D eigenvalue weighted by Gasteiger charge is 2.33. The molecule has 1 saturated carbocycles. The molecule has 0 aliphatic heterocycles. The first-order valence-electron chi connectivity index (χ1n) is 7.13. The van der Waals surface area contributed by atoms with Crippen LogP contribution in [0.15, 0.2) is 18.2 Å². The van der Waals surface area contributed by atoms with E-state index in [-0.39, 0.29) is 0 Å². The Morgan fingerprint density at radius 3 is 2.67 bits per heavy atom. The molecule has 0 aromatic heterocycles. The van der Waals surface area contributed by atoms with Gasteiger partial charge in [-0.3, -0.25) is 0 Å². The van der Waals surface area contributed by atoms with E-state index >= 15 is 0 Å². The zero-order chi connectivity index (χ0) is 13.1. The van der Waals surface area contributed by atoms with Crippen LogP contribution in [0.4, 0.5) is 5.69 Å². The number of anilines is 1. The van der Waals surface area contributed by atoms with Crippen LogP contribution in [0.3, 0.4) is 0 Å². The van der Waals surface area contributed by atoms with E-state index in [1.165, 1.54) is 29.8 Å². The summed E-state index contributed by atoms with van der Waals surface area (Å²) in [7, 11) is 2.22. The summed E-state index contributed by atoms with van der Waals surface area (Å²) >= 11 is 0. The van der Waals surface area contributed by atoms with E-state index in [1.807, 2.05) is 0 Å². The topological polar surface area (TPSA) is 15.3 Å². The maximum Gasteiger partial charge on any atom is 0.0393 e. The number of hydrogen-bond donors (Lipinski definition) is 1. The van der Waals surface area contributed by atoms with Crippen molar-refractivity contribution < 1.29 is 0 Å². The Morgan fingerprint density at radius 1 is 1.39 bits per heavy atom.